The van der Waals surface area contributed by atoms with Crippen LogP contribution in [0.4, 0.5) is 0 Å². The van der Waals surface area contributed by atoms with Crippen molar-refractivity contribution in [3.8, 4) is 0 Å². The Labute approximate surface area is 97.5 Å². The molecule has 0 aliphatic heterocycles. The van der Waals surface area contributed by atoms with E-state index in [0.29, 0.717) is 0 Å². The molecule has 0 fully saturated rings. The second kappa shape index (κ2) is 5.08. The molecular formula is C6H10Cl4O2Si. The highest BCUT2D eigenvalue weighted by molar-refractivity contribution is 7.64. The van der Waals surface area contributed by atoms with Crippen molar-refractivity contribution >= 4 is 56.8 Å². The highest BCUT2D eigenvalue weighted by atomic mass is 35.8. The Hall–Kier alpha value is 0.847. The van der Waals surface area contributed by atoms with Gasteiger partial charge in [-0.3, -0.25) is 4.79 Å². The molecular weight excluding hydrogens is 274 g/mol. The Morgan fingerprint density at radius 1 is 1.38 bits per heavy atom. The highest BCUT2D eigenvalue weighted by Gasteiger charge is 2.29. The molecule has 0 saturated heterocycles. The van der Waals surface area contributed by atoms with E-state index >= 15 is 0 Å². The summed E-state index contributed by atoms with van der Waals surface area (Å²) >= 11 is 22.4. The first-order chi connectivity index (χ1) is 5.63. The number of carbonyl (C=O) groups is 1. The van der Waals surface area contributed by atoms with Crippen molar-refractivity contribution in [3.05, 3.63) is 0 Å². The van der Waals surface area contributed by atoms with Crippen molar-refractivity contribution in [2.45, 2.75) is 24.8 Å². The molecule has 0 amide bonds. The first-order valence-electron chi connectivity index (χ1n) is 3.56. The minimum Gasteiger partial charge on any atom is -0.465 e. The van der Waals surface area contributed by atoms with Gasteiger partial charge in [0, 0.05) is 6.04 Å². The minimum absolute atomic E-state index is 0.109. The van der Waals surface area contributed by atoms with Crippen LogP contribution < -0.4 is 0 Å². The second-order valence-electron chi connectivity index (χ2n) is 2.97. The van der Waals surface area contributed by atoms with Crippen molar-refractivity contribution < 1.29 is 9.53 Å². The van der Waals surface area contributed by atoms with Gasteiger partial charge in [-0.25, -0.2) is 0 Å². The maximum absolute atomic E-state index is 11.1. The van der Waals surface area contributed by atoms with Crippen LogP contribution in [0.15, 0.2) is 0 Å². The summed E-state index contributed by atoms with van der Waals surface area (Å²) in [5.74, 6) is -0.502. The molecule has 0 aliphatic rings. The average Bonchev–Trinajstić information content (AvgIpc) is 1.82. The van der Waals surface area contributed by atoms with Crippen molar-refractivity contribution in [1.29, 1.82) is 0 Å². The Morgan fingerprint density at radius 3 is 2.15 bits per heavy atom. The zero-order valence-electron chi connectivity index (χ0n) is 7.24. The van der Waals surface area contributed by atoms with Gasteiger partial charge in [0.25, 0.3) is 0 Å². The van der Waals surface area contributed by atoms with Crippen LogP contribution in [-0.2, 0) is 9.53 Å². The van der Waals surface area contributed by atoms with Gasteiger partial charge >= 0.3 is 12.0 Å². The van der Waals surface area contributed by atoms with E-state index in [1.165, 1.54) is 0 Å². The van der Waals surface area contributed by atoms with Crippen LogP contribution in [0.5, 0.6) is 0 Å². The number of esters is 1. The molecule has 0 spiro atoms. The molecule has 0 rings (SSSR count). The zero-order valence-corrected chi connectivity index (χ0v) is 11.3. The molecule has 0 radical (unpaired) electrons. The quantitative estimate of drug-likeness (QED) is 0.343. The number of halogens is 4. The third-order valence-corrected chi connectivity index (χ3v) is 3.73. The molecule has 7 heteroatoms. The van der Waals surface area contributed by atoms with Crippen molar-refractivity contribution in [1.82, 2.24) is 0 Å². The van der Waals surface area contributed by atoms with Gasteiger partial charge in [-0.05, 0) is 13.8 Å². The van der Waals surface area contributed by atoms with Crippen LogP contribution >= 0.6 is 44.8 Å². The molecule has 0 atom stereocenters. The molecule has 78 valence electrons. The van der Waals surface area contributed by atoms with Gasteiger partial charge in [-0.1, -0.05) is 0 Å². The number of carbonyl (C=O) groups excluding carboxylic acids is 1. The van der Waals surface area contributed by atoms with Crippen molar-refractivity contribution in [2.75, 3.05) is 6.61 Å². The molecule has 0 saturated carbocycles. The second-order valence-corrected chi connectivity index (χ2v) is 13.2. The maximum atomic E-state index is 11.1. The van der Waals surface area contributed by atoms with Gasteiger partial charge in [0.15, 0.2) is 0 Å². The molecule has 0 unspecified atom stereocenters. The number of hydrogen-bond donors (Lipinski definition) is 0. The molecule has 0 aromatic rings. The SMILES string of the molecule is CC(C)(Cl)C(=O)OCC[Si](Cl)(Cl)Cl. The number of ether oxygens (including phenoxy) is 1. The summed E-state index contributed by atoms with van der Waals surface area (Å²) in [5.41, 5.74) is 0. The molecule has 0 aromatic heterocycles. The first-order valence-corrected chi connectivity index (χ1v) is 9.18. The Morgan fingerprint density at radius 2 is 1.85 bits per heavy atom. The topological polar surface area (TPSA) is 26.3 Å². The van der Waals surface area contributed by atoms with E-state index in [1.54, 1.807) is 13.8 Å². The predicted molar refractivity (Wildman–Crippen MR) is 59.0 cm³/mol. The lowest BCUT2D eigenvalue weighted by atomic mass is 10.2. The van der Waals surface area contributed by atoms with Gasteiger partial charge in [-0.2, -0.15) is 0 Å². The number of alkyl halides is 1. The molecule has 13 heavy (non-hydrogen) atoms. The minimum atomic E-state index is -2.69. The summed E-state index contributed by atoms with van der Waals surface area (Å²) in [4.78, 5) is 10.1. The lowest BCUT2D eigenvalue weighted by Crippen LogP contribution is -2.28. The fourth-order valence-corrected chi connectivity index (χ4v) is 1.51. The lowest BCUT2D eigenvalue weighted by Gasteiger charge is -2.15. The summed E-state index contributed by atoms with van der Waals surface area (Å²) in [6, 6.07) is -2.40. The Kier molecular flexibility index (Phi) is 5.41. The summed E-state index contributed by atoms with van der Waals surface area (Å²) in [7, 11) is 0. The van der Waals surface area contributed by atoms with Crippen molar-refractivity contribution in [2.24, 2.45) is 0 Å². The van der Waals surface area contributed by atoms with E-state index in [-0.39, 0.29) is 12.7 Å². The average molecular weight is 284 g/mol. The van der Waals surface area contributed by atoms with E-state index in [2.05, 4.69) is 0 Å². The predicted octanol–water partition coefficient (Wildman–Crippen LogP) is 3.20. The third-order valence-electron chi connectivity index (χ3n) is 1.10. The van der Waals surface area contributed by atoms with Gasteiger partial charge in [0.05, 0.1) is 6.61 Å². The smallest absolute Gasteiger partial charge is 0.344 e. The standard InChI is InChI=1S/C6H10Cl4O2Si/c1-6(2,7)5(11)12-3-4-13(8,9)10/h3-4H2,1-2H3. The summed E-state index contributed by atoms with van der Waals surface area (Å²) in [5, 5.41) is 0. The Balaban J connectivity index is 3.74. The van der Waals surface area contributed by atoms with Crippen LogP contribution in [-0.4, -0.2) is 23.5 Å². The van der Waals surface area contributed by atoms with E-state index in [9.17, 15) is 4.79 Å². The summed E-state index contributed by atoms with van der Waals surface area (Å²) < 4.78 is 4.79. The maximum Gasteiger partial charge on any atom is 0.344 e. The highest BCUT2D eigenvalue weighted by Crippen LogP contribution is 2.25. The summed E-state index contributed by atoms with van der Waals surface area (Å²) in [6.45, 7) is 3.20. The van der Waals surface area contributed by atoms with E-state index in [0.717, 1.165) is 0 Å². The van der Waals surface area contributed by atoms with Crippen molar-refractivity contribution in [3.63, 3.8) is 0 Å². The number of rotatable bonds is 4. The van der Waals surface area contributed by atoms with Crippen LogP contribution in [0.25, 0.3) is 0 Å². The fraction of sp³-hybridized carbons (Fsp3) is 0.833. The third kappa shape index (κ3) is 7.88. The molecule has 0 heterocycles. The lowest BCUT2D eigenvalue weighted by molar-refractivity contribution is -0.145. The van der Waals surface area contributed by atoms with Crippen LogP contribution in [0, 0.1) is 0 Å². The van der Waals surface area contributed by atoms with Gasteiger partial charge in [0.1, 0.15) is 4.87 Å². The molecule has 2 nitrogen and oxygen atoms in total. The van der Waals surface area contributed by atoms with Gasteiger partial charge in [-0.15, -0.1) is 44.8 Å². The van der Waals surface area contributed by atoms with Crippen LogP contribution in [0.1, 0.15) is 13.8 Å². The summed E-state index contributed by atoms with van der Waals surface area (Å²) in [6.07, 6.45) is 0. The van der Waals surface area contributed by atoms with Gasteiger partial charge < -0.3 is 4.74 Å². The normalized spacial score (nSPS) is 12.8. The zero-order chi connectivity index (χ0) is 10.7. The number of hydrogen-bond acceptors (Lipinski definition) is 2. The monoisotopic (exact) mass is 282 g/mol. The van der Waals surface area contributed by atoms with Crippen LogP contribution in [0.2, 0.25) is 6.04 Å². The molecule has 0 N–H and O–H groups in total. The van der Waals surface area contributed by atoms with Gasteiger partial charge in [0.2, 0.25) is 0 Å². The van der Waals surface area contributed by atoms with E-state index < -0.39 is 16.8 Å². The van der Waals surface area contributed by atoms with Crippen LogP contribution in [0.3, 0.4) is 0 Å². The van der Waals surface area contributed by atoms with E-state index in [4.69, 9.17) is 49.6 Å². The molecule has 0 aromatic carbocycles. The molecule has 0 bridgehead atoms. The fourth-order valence-electron chi connectivity index (χ4n) is 0.431. The molecule has 0 aliphatic carbocycles. The largest absolute Gasteiger partial charge is 0.465 e. The first kappa shape index (κ1) is 13.8. The van der Waals surface area contributed by atoms with E-state index in [1.807, 2.05) is 0 Å². The Bertz CT molecular complexity index is 184.